The number of hydrogen-bond donors (Lipinski definition) is 0. The number of Topliss-reactive ketones (excluding diaryl/α,β-unsaturated/α-hetero) is 1. The van der Waals surface area contributed by atoms with Gasteiger partial charge in [0.1, 0.15) is 0 Å². The van der Waals surface area contributed by atoms with Crippen LogP contribution in [0.25, 0.3) is 10.9 Å². The summed E-state index contributed by atoms with van der Waals surface area (Å²) in [6, 6.07) is 18.1. The minimum atomic E-state index is 0.178. The number of carbonyl (C=O) groups excluding carboxylic acids is 1. The lowest BCUT2D eigenvalue weighted by atomic mass is 10.1. The Balaban J connectivity index is 1.79. The van der Waals surface area contributed by atoms with E-state index in [-0.39, 0.29) is 5.78 Å². The van der Waals surface area contributed by atoms with Gasteiger partial charge in [-0.3, -0.25) is 4.79 Å². The van der Waals surface area contributed by atoms with Crippen LogP contribution in [0.1, 0.15) is 21.6 Å². The average Bonchev–Trinajstić information content (AvgIpc) is 2.77. The Morgan fingerprint density at radius 3 is 2.50 bits per heavy atom. The largest absolute Gasteiger partial charge is 0.336 e. The Bertz CT molecular complexity index is 879. The number of carbonyl (C=O) groups is 1. The second-order valence-electron chi connectivity index (χ2n) is 6.62. The summed E-state index contributed by atoms with van der Waals surface area (Å²) in [7, 11) is 2.17. The van der Waals surface area contributed by atoms with Gasteiger partial charge in [-0.05, 0) is 25.1 Å². The molecule has 0 unspecified atom stereocenters. The summed E-state index contributed by atoms with van der Waals surface area (Å²) in [6.45, 7) is 2.54. The van der Waals surface area contributed by atoms with Gasteiger partial charge in [0, 0.05) is 41.7 Å². The second-order valence-corrected chi connectivity index (χ2v) is 6.62. The van der Waals surface area contributed by atoms with Crippen molar-refractivity contribution < 1.29 is 4.79 Å². The van der Waals surface area contributed by atoms with E-state index >= 15 is 0 Å². The van der Waals surface area contributed by atoms with Crippen molar-refractivity contribution in [1.29, 1.82) is 0 Å². The first-order valence-corrected chi connectivity index (χ1v) is 8.60. The van der Waals surface area contributed by atoms with Crippen molar-refractivity contribution in [2.24, 2.45) is 0 Å². The van der Waals surface area contributed by atoms with Crippen LogP contribution in [0.5, 0.6) is 0 Å². The topological polar surface area (TPSA) is 25.2 Å². The summed E-state index contributed by atoms with van der Waals surface area (Å²) in [5.41, 5.74) is 4.74. The number of nitrogens with zero attached hydrogens (tertiary/aromatic N) is 2. The number of aromatic nitrogens is 1. The van der Waals surface area contributed by atoms with Crippen molar-refractivity contribution >= 4 is 16.7 Å². The van der Waals surface area contributed by atoms with Crippen molar-refractivity contribution in [3.05, 3.63) is 71.4 Å². The van der Waals surface area contributed by atoms with E-state index in [4.69, 9.17) is 0 Å². The molecule has 0 bridgehead atoms. The summed E-state index contributed by atoms with van der Waals surface area (Å²) >= 11 is 0. The molecule has 0 fully saturated rings. The minimum Gasteiger partial charge on any atom is -0.336 e. The third-order valence-corrected chi connectivity index (χ3v) is 5.07. The number of benzene rings is 2. The standard InChI is InChI=1S/C21H22N2O/c1-22-13-11-18-17-9-5-6-10-19(17)23(20(18)12-14-22)15-21(24)16-7-3-2-4-8-16/h2-10H,11-15H2,1H3. The first-order valence-electron chi connectivity index (χ1n) is 8.60. The zero-order valence-corrected chi connectivity index (χ0v) is 14.0. The van der Waals surface area contributed by atoms with Crippen LogP contribution in [0.15, 0.2) is 54.6 Å². The molecule has 1 aliphatic rings. The molecular formula is C21H22N2O. The highest BCUT2D eigenvalue weighted by Gasteiger charge is 2.21. The van der Waals surface area contributed by atoms with Crippen LogP contribution in [-0.4, -0.2) is 35.4 Å². The zero-order valence-electron chi connectivity index (χ0n) is 14.0. The fourth-order valence-electron chi connectivity index (χ4n) is 3.74. The van der Waals surface area contributed by atoms with Crippen molar-refractivity contribution in [2.45, 2.75) is 19.4 Å². The predicted octanol–water partition coefficient (Wildman–Crippen LogP) is 3.55. The number of ketones is 1. The molecule has 1 aromatic heterocycles. The molecule has 0 spiro atoms. The van der Waals surface area contributed by atoms with Gasteiger partial charge in [0.15, 0.2) is 5.78 Å². The van der Waals surface area contributed by atoms with Crippen LogP contribution < -0.4 is 0 Å². The van der Waals surface area contributed by atoms with Gasteiger partial charge in [0.2, 0.25) is 0 Å². The van der Waals surface area contributed by atoms with E-state index in [9.17, 15) is 4.79 Å². The van der Waals surface area contributed by atoms with Gasteiger partial charge in [0.05, 0.1) is 6.54 Å². The fraction of sp³-hybridized carbons (Fsp3) is 0.286. The van der Waals surface area contributed by atoms with E-state index in [2.05, 4.69) is 40.8 Å². The number of rotatable bonds is 3. The Morgan fingerprint density at radius 2 is 1.67 bits per heavy atom. The quantitative estimate of drug-likeness (QED) is 0.690. The van der Waals surface area contributed by atoms with Gasteiger partial charge in [-0.25, -0.2) is 0 Å². The molecular weight excluding hydrogens is 296 g/mol. The summed E-state index contributed by atoms with van der Waals surface area (Å²) in [4.78, 5) is 15.1. The molecule has 1 aliphatic heterocycles. The SMILES string of the molecule is CN1CCc2c(n(CC(=O)c3ccccc3)c3ccccc23)CC1. The normalized spacial score (nSPS) is 15.2. The molecule has 24 heavy (non-hydrogen) atoms. The molecule has 4 rings (SSSR count). The predicted molar refractivity (Wildman–Crippen MR) is 97.6 cm³/mol. The third-order valence-electron chi connectivity index (χ3n) is 5.07. The maximum atomic E-state index is 12.8. The molecule has 122 valence electrons. The second kappa shape index (κ2) is 6.25. The van der Waals surface area contributed by atoms with Crippen LogP contribution in [0.3, 0.4) is 0 Å². The summed E-state index contributed by atoms with van der Waals surface area (Å²) in [5, 5.41) is 1.31. The molecule has 2 aromatic carbocycles. The van der Waals surface area contributed by atoms with E-state index in [1.54, 1.807) is 0 Å². The molecule has 0 atom stereocenters. The molecule has 3 aromatic rings. The summed E-state index contributed by atoms with van der Waals surface area (Å²) in [5.74, 6) is 0.178. The highest BCUT2D eigenvalue weighted by Crippen LogP contribution is 2.29. The summed E-state index contributed by atoms with van der Waals surface area (Å²) in [6.07, 6.45) is 2.06. The van der Waals surface area contributed by atoms with Crippen molar-refractivity contribution in [2.75, 3.05) is 20.1 Å². The fourth-order valence-corrected chi connectivity index (χ4v) is 3.74. The molecule has 0 N–H and O–H groups in total. The Kier molecular flexibility index (Phi) is 3.95. The molecule has 0 aliphatic carbocycles. The van der Waals surface area contributed by atoms with E-state index in [0.29, 0.717) is 6.54 Å². The van der Waals surface area contributed by atoms with Gasteiger partial charge in [0.25, 0.3) is 0 Å². The lowest BCUT2D eigenvalue weighted by Gasteiger charge is -2.13. The van der Waals surface area contributed by atoms with Gasteiger partial charge < -0.3 is 9.47 Å². The molecule has 2 heterocycles. The summed E-state index contributed by atoms with van der Waals surface area (Å²) < 4.78 is 2.25. The Hall–Kier alpha value is -2.39. The highest BCUT2D eigenvalue weighted by atomic mass is 16.1. The maximum absolute atomic E-state index is 12.8. The van der Waals surface area contributed by atoms with Gasteiger partial charge in [-0.15, -0.1) is 0 Å². The van der Waals surface area contributed by atoms with Crippen molar-refractivity contribution in [1.82, 2.24) is 9.47 Å². The van der Waals surface area contributed by atoms with Gasteiger partial charge in [-0.2, -0.15) is 0 Å². The number of hydrogen-bond acceptors (Lipinski definition) is 2. The number of likely N-dealkylation sites (N-methyl/N-ethyl adjacent to an activating group) is 1. The van der Waals surface area contributed by atoms with Gasteiger partial charge >= 0.3 is 0 Å². The molecule has 3 nitrogen and oxygen atoms in total. The zero-order chi connectivity index (χ0) is 16.5. The van der Waals surface area contributed by atoms with E-state index in [1.807, 2.05) is 30.3 Å². The highest BCUT2D eigenvalue weighted by molar-refractivity contribution is 5.97. The van der Waals surface area contributed by atoms with E-state index in [1.165, 1.54) is 22.2 Å². The lowest BCUT2D eigenvalue weighted by Crippen LogP contribution is -2.21. The smallest absolute Gasteiger partial charge is 0.182 e. The first-order chi connectivity index (χ1) is 11.7. The average molecular weight is 318 g/mol. The third kappa shape index (κ3) is 2.65. The number of fused-ring (bicyclic) bond motifs is 3. The molecule has 3 heteroatoms. The maximum Gasteiger partial charge on any atom is 0.182 e. The molecule has 0 saturated carbocycles. The van der Waals surface area contributed by atoms with Crippen LogP contribution in [-0.2, 0) is 19.4 Å². The first kappa shape index (κ1) is 15.2. The molecule has 0 saturated heterocycles. The molecule has 0 amide bonds. The van der Waals surface area contributed by atoms with Crippen LogP contribution in [0, 0.1) is 0 Å². The molecule has 0 radical (unpaired) electrons. The number of para-hydroxylation sites is 1. The lowest BCUT2D eigenvalue weighted by molar-refractivity contribution is 0.0972. The Morgan fingerprint density at radius 1 is 0.958 bits per heavy atom. The van der Waals surface area contributed by atoms with Crippen LogP contribution in [0.4, 0.5) is 0 Å². The monoisotopic (exact) mass is 318 g/mol. The van der Waals surface area contributed by atoms with E-state index in [0.717, 1.165) is 31.5 Å². The van der Waals surface area contributed by atoms with Crippen LogP contribution >= 0.6 is 0 Å². The van der Waals surface area contributed by atoms with Crippen molar-refractivity contribution in [3.63, 3.8) is 0 Å². The van der Waals surface area contributed by atoms with Crippen LogP contribution in [0.2, 0.25) is 0 Å². The van der Waals surface area contributed by atoms with Gasteiger partial charge in [-0.1, -0.05) is 48.5 Å². The van der Waals surface area contributed by atoms with Crippen molar-refractivity contribution in [3.8, 4) is 0 Å². The minimum absolute atomic E-state index is 0.178. The van der Waals surface area contributed by atoms with E-state index < -0.39 is 0 Å². The Labute approximate surface area is 142 Å².